The molecule has 0 bridgehead atoms. The zero-order valence-corrected chi connectivity index (χ0v) is 8.26. The van der Waals surface area contributed by atoms with Crippen LogP contribution in [0, 0.1) is 12.7 Å². The van der Waals surface area contributed by atoms with E-state index < -0.39 is 0 Å². The Morgan fingerprint density at radius 1 is 1.46 bits per heavy atom. The van der Waals surface area contributed by atoms with Crippen LogP contribution in [0.1, 0.15) is 12.5 Å². The molecule has 0 aliphatic heterocycles. The van der Waals surface area contributed by atoms with E-state index in [9.17, 15) is 4.39 Å². The molecular formula is C11H14FN. The zero-order valence-electron chi connectivity index (χ0n) is 8.26. The second-order valence-corrected chi connectivity index (χ2v) is 3.23. The highest BCUT2D eigenvalue weighted by molar-refractivity contribution is 5.51. The minimum atomic E-state index is -0.175. The van der Waals surface area contributed by atoms with Gasteiger partial charge in [-0.3, -0.25) is 0 Å². The van der Waals surface area contributed by atoms with E-state index in [4.69, 9.17) is 0 Å². The summed E-state index contributed by atoms with van der Waals surface area (Å²) in [5.74, 6) is -0.175. The van der Waals surface area contributed by atoms with Crippen molar-refractivity contribution >= 4 is 5.69 Å². The van der Waals surface area contributed by atoms with Crippen LogP contribution in [0.3, 0.4) is 0 Å². The Bertz CT molecular complexity index is 331. The first kappa shape index (κ1) is 9.78. The summed E-state index contributed by atoms with van der Waals surface area (Å²) in [6.07, 6.45) is 0. The fraction of sp³-hybridized carbons (Fsp3) is 0.273. The highest BCUT2D eigenvalue weighted by Gasteiger charge is 2.03. The van der Waals surface area contributed by atoms with Gasteiger partial charge in [0.2, 0.25) is 0 Å². The van der Waals surface area contributed by atoms with Crippen LogP contribution in [0.2, 0.25) is 0 Å². The third-order valence-corrected chi connectivity index (χ3v) is 2.12. The third kappa shape index (κ3) is 2.08. The van der Waals surface area contributed by atoms with Crippen LogP contribution < -0.4 is 4.90 Å². The van der Waals surface area contributed by atoms with Crippen LogP contribution in [-0.2, 0) is 0 Å². The number of hydrogen-bond donors (Lipinski definition) is 0. The Morgan fingerprint density at radius 3 is 2.54 bits per heavy atom. The monoisotopic (exact) mass is 179 g/mol. The molecule has 0 amide bonds. The van der Waals surface area contributed by atoms with Crippen molar-refractivity contribution in [2.75, 3.05) is 11.9 Å². The van der Waals surface area contributed by atoms with Gasteiger partial charge in [-0.15, -0.1) is 0 Å². The summed E-state index contributed by atoms with van der Waals surface area (Å²) in [7, 11) is 1.87. The molecule has 1 rings (SSSR count). The van der Waals surface area contributed by atoms with Gasteiger partial charge >= 0.3 is 0 Å². The van der Waals surface area contributed by atoms with Crippen LogP contribution in [-0.4, -0.2) is 7.05 Å². The topological polar surface area (TPSA) is 3.24 Å². The second-order valence-electron chi connectivity index (χ2n) is 3.23. The lowest BCUT2D eigenvalue weighted by molar-refractivity contribution is 0.618. The molecule has 0 radical (unpaired) electrons. The van der Waals surface area contributed by atoms with Crippen molar-refractivity contribution in [1.29, 1.82) is 0 Å². The smallest absolute Gasteiger partial charge is 0.128 e. The number of aryl methyl sites for hydroxylation is 1. The van der Waals surface area contributed by atoms with Gasteiger partial charge in [0, 0.05) is 18.4 Å². The largest absolute Gasteiger partial charge is 0.349 e. The SMILES string of the molecule is C=C(C)N(C)c1ccc(C)c(F)c1. The lowest BCUT2D eigenvalue weighted by Crippen LogP contribution is -2.13. The number of benzene rings is 1. The van der Waals surface area contributed by atoms with E-state index in [2.05, 4.69) is 6.58 Å². The maximum atomic E-state index is 13.1. The first-order valence-electron chi connectivity index (χ1n) is 4.17. The average Bonchev–Trinajstić information content (AvgIpc) is 2.08. The molecule has 0 spiro atoms. The van der Waals surface area contributed by atoms with Gasteiger partial charge in [-0.05, 0) is 31.5 Å². The molecule has 0 fully saturated rings. The summed E-state index contributed by atoms with van der Waals surface area (Å²) in [6.45, 7) is 7.42. The Balaban J connectivity index is 3.03. The summed E-state index contributed by atoms with van der Waals surface area (Å²) in [5.41, 5.74) is 2.39. The number of anilines is 1. The summed E-state index contributed by atoms with van der Waals surface area (Å²) >= 11 is 0. The first-order chi connectivity index (χ1) is 6.02. The van der Waals surface area contributed by atoms with Crippen molar-refractivity contribution < 1.29 is 4.39 Å². The fourth-order valence-electron chi connectivity index (χ4n) is 1.01. The zero-order chi connectivity index (χ0) is 10.0. The van der Waals surface area contributed by atoms with Gasteiger partial charge in [0.15, 0.2) is 0 Å². The maximum absolute atomic E-state index is 13.1. The number of nitrogens with zero attached hydrogens (tertiary/aromatic N) is 1. The van der Waals surface area contributed by atoms with E-state index in [1.807, 2.05) is 24.9 Å². The highest BCUT2D eigenvalue weighted by atomic mass is 19.1. The lowest BCUT2D eigenvalue weighted by atomic mass is 10.2. The molecule has 1 nitrogen and oxygen atoms in total. The average molecular weight is 179 g/mol. The summed E-state index contributed by atoms with van der Waals surface area (Å²) in [6, 6.07) is 5.17. The molecule has 0 aliphatic rings. The van der Waals surface area contributed by atoms with Crippen molar-refractivity contribution in [1.82, 2.24) is 0 Å². The Morgan fingerprint density at radius 2 is 2.08 bits per heavy atom. The number of halogens is 1. The van der Waals surface area contributed by atoms with Gasteiger partial charge in [-0.2, -0.15) is 0 Å². The van der Waals surface area contributed by atoms with E-state index in [-0.39, 0.29) is 5.82 Å². The molecule has 1 aromatic carbocycles. The van der Waals surface area contributed by atoms with Gasteiger partial charge in [-0.25, -0.2) is 4.39 Å². The van der Waals surface area contributed by atoms with E-state index in [1.54, 1.807) is 13.0 Å². The number of rotatable bonds is 2. The molecule has 1 aromatic rings. The van der Waals surface area contributed by atoms with Crippen molar-refractivity contribution in [3.63, 3.8) is 0 Å². The van der Waals surface area contributed by atoms with Crippen LogP contribution in [0.25, 0.3) is 0 Å². The second kappa shape index (κ2) is 3.60. The summed E-state index contributed by atoms with van der Waals surface area (Å²) in [5, 5.41) is 0. The molecule has 0 saturated carbocycles. The Kier molecular flexibility index (Phi) is 2.71. The third-order valence-electron chi connectivity index (χ3n) is 2.12. The molecule has 13 heavy (non-hydrogen) atoms. The molecule has 0 saturated heterocycles. The molecule has 0 heterocycles. The van der Waals surface area contributed by atoms with Crippen molar-refractivity contribution in [2.24, 2.45) is 0 Å². The highest BCUT2D eigenvalue weighted by Crippen LogP contribution is 2.19. The normalized spacial score (nSPS) is 9.85. The van der Waals surface area contributed by atoms with Gasteiger partial charge in [0.25, 0.3) is 0 Å². The van der Waals surface area contributed by atoms with E-state index >= 15 is 0 Å². The molecule has 0 aliphatic carbocycles. The Labute approximate surface area is 78.5 Å². The fourth-order valence-corrected chi connectivity index (χ4v) is 1.01. The van der Waals surface area contributed by atoms with E-state index in [0.717, 1.165) is 11.4 Å². The first-order valence-corrected chi connectivity index (χ1v) is 4.17. The lowest BCUT2D eigenvalue weighted by Gasteiger charge is -2.19. The van der Waals surface area contributed by atoms with Crippen LogP contribution in [0.5, 0.6) is 0 Å². The van der Waals surface area contributed by atoms with Crippen molar-refractivity contribution in [3.8, 4) is 0 Å². The van der Waals surface area contributed by atoms with Gasteiger partial charge < -0.3 is 4.90 Å². The quantitative estimate of drug-likeness (QED) is 0.674. The molecular weight excluding hydrogens is 165 g/mol. The predicted molar refractivity (Wildman–Crippen MR) is 54.4 cm³/mol. The summed E-state index contributed by atoms with van der Waals surface area (Å²) < 4.78 is 13.1. The minimum Gasteiger partial charge on any atom is -0.349 e. The van der Waals surface area contributed by atoms with Crippen LogP contribution >= 0.6 is 0 Å². The number of hydrogen-bond acceptors (Lipinski definition) is 1. The van der Waals surface area contributed by atoms with E-state index in [1.165, 1.54) is 6.07 Å². The maximum Gasteiger partial charge on any atom is 0.128 e. The molecule has 2 heteroatoms. The van der Waals surface area contributed by atoms with Gasteiger partial charge in [-0.1, -0.05) is 12.6 Å². The van der Waals surface area contributed by atoms with E-state index in [0.29, 0.717) is 5.56 Å². The molecule has 0 unspecified atom stereocenters. The van der Waals surface area contributed by atoms with Gasteiger partial charge in [0.05, 0.1) is 0 Å². The van der Waals surface area contributed by atoms with Crippen molar-refractivity contribution in [3.05, 3.63) is 41.9 Å². The minimum absolute atomic E-state index is 0.175. The van der Waals surface area contributed by atoms with Gasteiger partial charge in [0.1, 0.15) is 5.82 Å². The standard InChI is InChI=1S/C11H14FN/c1-8(2)13(4)10-6-5-9(3)11(12)7-10/h5-7H,1H2,2-4H3. The number of allylic oxidation sites excluding steroid dienone is 1. The molecule has 0 atom stereocenters. The van der Waals surface area contributed by atoms with Crippen molar-refractivity contribution in [2.45, 2.75) is 13.8 Å². The van der Waals surface area contributed by atoms with Crippen LogP contribution in [0.15, 0.2) is 30.5 Å². The van der Waals surface area contributed by atoms with Crippen LogP contribution in [0.4, 0.5) is 10.1 Å². The molecule has 70 valence electrons. The predicted octanol–water partition coefficient (Wildman–Crippen LogP) is 3.10. The molecule has 0 aromatic heterocycles. The molecule has 0 N–H and O–H groups in total. The summed E-state index contributed by atoms with van der Waals surface area (Å²) in [4.78, 5) is 1.85. The Hall–Kier alpha value is -1.31.